The lowest BCUT2D eigenvalue weighted by atomic mass is 9.96. The van der Waals surface area contributed by atoms with Gasteiger partial charge in [-0.3, -0.25) is 4.79 Å². The molecule has 0 heterocycles. The van der Waals surface area contributed by atoms with E-state index in [1.165, 1.54) is 12.1 Å². The molecule has 0 amide bonds. The first kappa shape index (κ1) is 25.2. The average molecular weight is 486 g/mol. The van der Waals surface area contributed by atoms with Crippen molar-refractivity contribution in [3.8, 4) is 0 Å². The Balaban J connectivity index is 2.17. The van der Waals surface area contributed by atoms with E-state index in [0.717, 1.165) is 0 Å². The van der Waals surface area contributed by atoms with Crippen molar-refractivity contribution in [2.75, 3.05) is 13.1 Å². The van der Waals surface area contributed by atoms with Gasteiger partial charge in [-0.15, -0.1) is 0 Å². The number of halogens is 8. The quantitative estimate of drug-likeness (QED) is 0.276. The minimum atomic E-state index is -5.05. The van der Waals surface area contributed by atoms with Crippen molar-refractivity contribution in [3.05, 3.63) is 68.7 Å². The van der Waals surface area contributed by atoms with Crippen LogP contribution in [0.2, 0.25) is 10.0 Å². The van der Waals surface area contributed by atoms with E-state index in [4.69, 9.17) is 23.2 Å². The first-order valence-corrected chi connectivity index (χ1v) is 9.50. The summed E-state index contributed by atoms with van der Waals surface area (Å²) in [6.45, 7) is -0.483. The lowest BCUT2D eigenvalue weighted by molar-refractivity contribution is -0.143. The second kappa shape index (κ2) is 10.0. The molecule has 0 aromatic heterocycles. The molecule has 1 atom stereocenters. The fraction of sp³-hybridized carbons (Fsp3) is 0.300. The van der Waals surface area contributed by atoms with Crippen LogP contribution >= 0.6 is 23.2 Å². The van der Waals surface area contributed by atoms with Crippen LogP contribution in [0, 0.1) is 0 Å². The van der Waals surface area contributed by atoms with Gasteiger partial charge >= 0.3 is 12.4 Å². The van der Waals surface area contributed by atoms with E-state index in [1.807, 2.05) is 0 Å². The highest BCUT2D eigenvalue weighted by Crippen LogP contribution is 2.36. The van der Waals surface area contributed by atoms with Crippen LogP contribution in [0.5, 0.6) is 0 Å². The molecular formula is C20H15Cl2F6NO2. The molecule has 3 nitrogen and oxygen atoms in total. The highest BCUT2D eigenvalue weighted by molar-refractivity contribution is 6.42. The number of carbonyl (C=O) groups is 2. The molecule has 0 aliphatic heterocycles. The van der Waals surface area contributed by atoms with Gasteiger partial charge in [0.1, 0.15) is 6.29 Å². The van der Waals surface area contributed by atoms with Crippen LogP contribution < -0.4 is 5.32 Å². The highest BCUT2D eigenvalue weighted by atomic mass is 35.5. The van der Waals surface area contributed by atoms with Crippen LogP contribution in [-0.4, -0.2) is 25.2 Å². The molecule has 0 saturated heterocycles. The molecular weight excluding hydrogens is 471 g/mol. The molecule has 2 aromatic rings. The Morgan fingerprint density at radius 1 is 0.935 bits per heavy atom. The Hall–Kier alpha value is -2.10. The third kappa shape index (κ3) is 6.95. The summed E-state index contributed by atoms with van der Waals surface area (Å²) in [7, 11) is 0. The second-order valence-electron chi connectivity index (χ2n) is 6.62. The molecule has 2 rings (SSSR count). The molecule has 0 aliphatic rings. The SMILES string of the molecule is O=CC[C@H](CNCC(=O)c1cc(C(F)(F)F)cc(C(F)(F)F)c1)c1ccc(Cl)c(Cl)c1. The van der Waals surface area contributed by atoms with Gasteiger partial charge in [-0.05, 0) is 35.9 Å². The summed E-state index contributed by atoms with van der Waals surface area (Å²) in [4.78, 5) is 23.2. The monoisotopic (exact) mass is 485 g/mol. The van der Waals surface area contributed by atoms with Gasteiger partial charge in [0.2, 0.25) is 0 Å². The predicted octanol–water partition coefficient (Wildman–Crippen LogP) is 6.18. The molecule has 0 aliphatic carbocycles. The molecule has 1 N–H and O–H groups in total. The Morgan fingerprint density at radius 3 is 2.00 bits per heavy atom. The summed E-state index contributed by atoms with van der Waals surface area (Å²) < 4.78 is 77.7. The molecule has 2 aromatic carbocycles. The molecule has 0 bridgehead atoms. The van der Waals surface area contributed by atoms with Gasteiger partial charge in [0.05, 0.1) is 27.7 Å². The summed E-state index contributed by atoms with van der Waals surface area (Å²) in [6.07, 6.45) is -9.42. The third-order valence-corrected chi connectivity index (χ3v) is 5.12. The van der Waals surface area contributed by atoms with Gasteiger partial charge in [0.15, 0.2) is 5.78 Å². The fourth-order valence-electron chi connectivity index (χ4n) is 2.80. The lowest BCUT2D eigenvalue weighted by Crippen LogP contribution is -2.28. The minimum Gasteiger partial charge on any atom is -0.309 e. The predicted molar refractivity (Wildman–Crippen MR) is 104 cm³/mol. The number of hydrogen-bond donors (Lipinski definition) is 1. The Labute approximate surface area is 183 Å². The van der Waals surface area contributed by atoms with E-state index < -0.39 is 47.3 Å². The summed E-state index contributed by atoms with van der Waals surface area (Å²) in [5, 5.41) is 3.21. The maximum atomic E-state index is 12.9. The number of hydrogen-bond acceptors (Lipinski definition) is 3. The van der Waals surface area contributed by atoms with Gasteiger partial charge < -0.3 is 10.1 Å². The van der Waals surface area contributed by atoms with Gasteiger partial charge in [0.25, 0.3) is 0 Å². The largest absolute Gasteiger partial charge is 0.416 e. The summed E-state index contributed by atoms with van der Waals surface area (Å²) in [5.41, 5.74) is -3.24. The molecule has 0 unspecified atom stereocenters. The molecule has 0 radical (unpaired) electrons. The molecule has 11 heteroatoms. The number of rotatable bonds is 8. The smallest absolute Gasteiger partial charge is 0.309 e. The topological polar surface area (TPSA) is 46.2 Å². The Bertz CT molecular complexity index is 927. The van der Waals surface area contributed by atoms with Crippen molar-refractivity contribution in [1.29, 1.82) is 0 Å². The maximum Gasteiger partial charge on any atom is 0.416 e. The summed E-state index contributed by atoms with van der Waals surface area (Å²) >= 11 is 11.8. The fourth-order valence-corrected chi connectivity index (χ4v) is 3.10. The van der Waals surface area contributed by atoms with Crippen molar-refractivity contribution in [2.24, 2.45) is 0 Å². The van der Waals surface area contributed by atoms with Crippen LogP contribution in [0.4, 0.5) is 26.3 Å². The molecule has 168 valence electrons. The van der Waals surface area contributed by atoms with Crippen molar-refractivity contribution in [1.82, 2.24) is 5.32 Å². The van der Waals surface area contributed by atoms with Crippen molar-refractivity contribution in [2.45, 2.75) is 24.7 Å². The molecule has 0 fully saturated rings. The number of aldehydes is 1. The number of nitrogens with one attached hydrogen (secondary N) is 1. The summed E-state index contributed by atoms with van der Waals surface area (Å²) in [5.74, 6) is -1.40. The van der Waals surface area contributed by atoms with Gasteiger partial charge in [-0.1, -0.05) is 29.3 Å². The minimum absolute atomic E-state index is 0.0426. The van der Waals surface area contributed by atoms with Crippen molar-refractivity contribution >= 4 is 35.3 Å². The van der Waals surface area contributed by atoms with E-state index in [9.17, 15) is 35.9 Å². The van der Waals surface area contributed by atoms with E-state index in [2.05, 4.69) is 5.32 Å². The standard InChI is InChI=1S/C20H15Cl2F6NO2/c21-16-2-1-11(7-17(16)22)12(3-4-30)9-29-10-18(31)13-5-14(19(23,24)25)8-15(6-13)20(26,27)28/h1-2,4-8,12,29H,3,9-10H2/t12-/m1/s1. The van der Waals surface area contributed by atoms with E-state index in [-0.39, 0.29) is 24.1 Å². The number of carbonyl (C=O) groups excluding carboxylic acids is 2. The van der Waals surface area contributed by atoms with Crippen LogP contribution in [0.25, 0.3) is 0 Å². The van der Waals surface area contributed by atoms with E-state index >= 15 is 0 Å². The molecule has 31 heavy (non-hydrogen) atoms. The first-order valence-electron chi connectivity index (χ1n) is 8.75. The zero-order valence-electron chi connectivity index (χ0n) is 15.6. The lowest BCUT2D eigenvalue weighted by Gasteiger charge is -2.17. The highest BCUT2D eigenvalue weighted by Gasteiger charge is 2.37. The van der Waals surface area contributed by atoms with Gasteiger partial charge in [0, 0.05) is 24.4 Å². The van der Waals surface area contributed by atoms with Gasteiger partial charge in [-0.2, -0.15) is 26.3 Å². The first-order chi connectivity index (χ1) is 14.3. The maximum absolute atomic E-state index is 12.9. The Morgan fingerprint density at radius 2 is 1.52 bits per heavy atom. The van der Waals surface area contributed by atoms with Crippen molar-refractivity contribution < 1.29 is 35.9 Å². The zero-order valence-corrected chi connectivity index (χ0v) is 17.1. The third-order valence-electron chi connectivity index (χ3n) is 4.38. The van der Waals surface area contributed by atoms with Crippen LogP contribution in [0.1, 0.15) is 39.4 Å². The van der Waals surface area contributed by atoms with Crippen LogP contribution in [0.15, 0.2) is 36.4 Å². The molecule has 0 spiro atoms. The second-order valence-corrected chi connectivity index (χ2v) is 7.44. The van der Waals surface area contributed by atoms with Crippen molar-refractivity contribution in [3.63, 3.8) is 0 Å². The average Bonchev–Trinajstić information content (AvgIpc) is 2.67. The number of ketones is 1. The number of benzene rings is 2. The van der Waals surface area contributed by atoms with Crippen LogP contribution in [0.3, 0.4) is 0 Å². The van der Waals surface area contributed by atoms with E-state index in [0.29, 0.717) is 29.0 Å². The number of Topliss-reactive ketones (excluding diaryl/α,β-unsaturated/α-hetero) is 1. The van der Waals surface area contributed by atoms with E-state index in [1.54, 1.807) is 6.07 Å². The van der Waals surface area contributed by atoms with Gasteiger partial charge in [-0.25, -0.2) is 0 Å². The zero-order chi connectivity index (χ0) is 23.4. The Kier molecular flexibility index (Phi) is 8.13. The normalized spacial score (nSPS) is 13.2. The molecule has 0 saturated carbocycles. The number of alkyl halides is 6. The summed E-state index contributed by atoms with van der Waals surface area (Å²) in [6, 6.07) is 5.37. The van der Waals surface area contributed by atoms with Crippen LogP contribution in [-0.2, 0) is 17.1 Å².